The SMILES string of the molecule is CC(C)c1ccc(S(=O)(=O)/N=C(\N)CSc2ccc(Cl)cc2)cc1. The smallest absolute Gasteiger partial charge is 0.283 e. The van der Waals surface area contributed by atoms with Crippen molar-refractivity contribution in [3.63, 3.8) is 0 Å². The molecule has 2 N–H and O–H groups in total. The lowest BCUT2D eigenvalue weighted by Crippen LogP contribution is -2.17. The molecule has 0 aromatic heterocycles. The number of hydrogen-bond acceptors (Lipinski definition) is 3. The molecule has 0 amide bonds. The van der Waals surface area contributed by atoms with Crippen molar-refractivity contribution in [2.45, 2.75) is 29.6 Å². The molecular weight excluding hydrogens is 364 g/mol. The monoisotopic (exact) mass is 382 g/mol. The third kappa shape index (κ3) is 5.26. The minimum atomic E-state index is -3.78. The van der Waals surface area contributed by atoms with Crippen molar-refractivity contribution >= 4 is 39.2 Å². The van der Waals surface area contributed by atoms with E-state index < -0.39 is 10.0 Å². The molecule has 0 bridgehead atoms. The zero-order valence-electron chi connectivity index (χ0n) is 13.4. The molecule has 0 saturated heterocycles. The topological polar surface area (TPSA) is 72.5 Å². The van der Waals surface area contributed by atoms with Gasteiger partial charge >= 0.3 is 0 Å². The molecule has 0 radical (unpaired) electrons. The van der Waals surface area contributed by atoms with Crippen LogP contribution in [0.4, 0.5) is 0 Å². The molecule has 0 fully saturated rings. The van der Waals surface area contributed by atoms with Crippen LogP contribution >= 0.6 is 23.4 Å². The maximum absolute atomic E-state index is 12.3. The molecule has 0 aliphatic heterocycles. The van der Waals surface area contributed by atoms with E-state index in [0.29, 0.717) is 10.9 Å². The van der Waals surface area contributed by atoms with Crippen LogP contribution in [0, 0.1) is 0 Å². The van der Waals surface area contributed by atoms with Crippen LogP contribution in [0.2, 0.25) is 5.02 Å². The average Bonchev–Trinajstić information content (AvgIpc) is 2.54. The van der Waals surface area contributed by atoms with Crippen molar-refractivity contribution in [3.8, 4) is 0 Å². The minimum absolute atomic E-state index is 0.0582. The Bertz CT molecular complexity index is 815. The van der Waals surface area contributed by atoms with Crippen LogP contribution in [0.25, 0.3) is 0 Å². The third-order valence-corrected chi connectivity index (χ3v) is 5.92. The Labute approximate surface area is 152 Å². The summed E-state index contributed by atoms with van der Waals surface area (Å²) in [6.07, 6.45) is 0. The second-order valence-electron chi connectivity index (χ2n) is 5.52. The Morgan fingerprint density at radius 1 is 1.12 bits per heavy atom. The number of halogens is 1. The lowest BCUT2D eigenvalue weighted by molar-refractivity contribution is 0.598. The fourth-order valence-electron chi connectivity index (χ4n) is 1.95. The molecule has 4 nitrogen and oxygen atoms in total. The highest BCUT2D eigenvalue weighted by Crippen LogP contribution is 2.21. The summed E-state index contributed by atoms with van der Waals surface area (Å²) in [5.74, 6) is 0.680. The summed E-state index contributed by atoms with van der Waals surface area (Å²) in [7, 11) is -3.78. The molecule has 0 atom stereocenters. The standard InChI is InChI=1S/C17H19ClN2O2S2/c1-12(2)13-3-9-16(10-4-13)24(21,22)20-17(19)11-23-15-7-5-14(18)6-8-15/h3-10,12H,11H2,1-2H3,(H2,19,20). The van der Waals surface area contributed by atoms with Gasteiger partial charge in [-0.2, -0.15) is 8.42 Å². The number of hydrogen-bond donors (Lipinski definition) is 1. The molecule has 2 aromatic carbocycles. The lowest BCUT2D eigenvalue weighted by atomic mass is 10.0. The molecule has 0 aliphatic rings. The first-order valence-corrected chi connectivity index (χ1v) is 10.2. The summed E-state index contributed by atoms with van der Waals surface area (Å²) in [4.78, 5) is 1.09. The first-order chi connectivity index (χ1) is 11.3. The van der Waals surface area contributed by atoms with Crippen molar-refractivity contribution in [1.82, 2.24) is 0 Å². The van der Waals surface area contributed by atoms with Crippen LogP contribution in [0.3, 0.4) is 0 Å². The highest BCUT2D eigenvalue weighted by Gasteiger charge is 2.14. The third-order valence-electron chi connectivity index (χ3n) is 3.28. The number of rotatable bonds is 6. The van der Waals surface area contributed by atoms with Gasteiger partial charge in [0.15, 0.2) is 0 Å². The molecular formula is C17H19ClN2O2S2. The van der Waals surface area contributed by atoms with Crippen molar-refractivity contribution < 1.29 is 8.42 Å². The van der Waals surface area contributed by atoms with E-state index in [9.17, 15) is 8.42 Å². The van der Waals surface area contributed by atoms with E-state index in [-0.39, 0.29) is 16.5 Å². The van der Waals surface area contributed by atoms with Gasteiger partial charge in [-0.15, -0.1) is 16.2 Å². The van der Waals surface area contributed by atoms with Crippen LogP contribution < -0.4 is 5.73 Å². The van der Waals surface area contributed by atoms with E-state index >= 15 is 0 Å². The Morgan fingerprint density at radius 3 is 2.25 bits per heavy atom. The van der Waals surface area contributed by atoms with Gasteiger partial charge in [-0.3, -0.25) is 0 Å². The largest absolute Gasteiger partial charge is 0.386 e. The van der Waals surface area contributed by atoms with Gasteiger partial charge in [-0.05, 0) is 47.9 Å². The maximum Gasteiger partial charge on any atom is 0.283 e. The predicted octanol–water partition coefficient (Wildman–Crippen LogP) is 4.30. The number of nitrogens with two attached hydrogens (primary N) is 1. The fraction of sp³-hybridized carbons (Fsp3) is 0.235. The summed E-state index contributed by atoms with van der Waals surface area (Å²) in [6, 6.07) is 14.0. The normalized spacial score (nSPS) is 12.6. The number of amidine groups is 1. The van der Waals surface area contributed by atoms with Crippen LogP contribution in [0.15, 0.2) is 62.7 Å². The van der Waals surface area contributed by atoms with Crippen molar-refractivity contribution in [3.05, 3.63) is 59.1 Å². The number of sulfonamides is 1. The first-order valence-electron chi connectivity index (χ1n) is 7.35. The zero-order valence-corrected chi connectivity index (χ0v) is 15.8. The van der Waals surface area contributed by atoms with E-state index in [1.165, 1.54) is 11.8 Å². The molecule has 0 saturated carbocycles. The van der Waals surface area contributed by atoms with Gasteiger partial charge in [0.1, 0.15) is 5.84 Å². The van der Waals surface area contributed by atoms with Gasteiger partial charge in [0, 0.05) is 9.92 Å². The number of thioether (sulfide) groups is 1. The van der Waals surface area contributed by atoms with Gasteiger partial charge in [0.05, 0.1) is 10.6 Å². The fourth-order valence-corrected chi connectivity index (χ4v) is 3.82. The minimum Gasteiger partial charge on any atom is -0.386 e. The van der Waals surface area contributed by atoms with Crippen molar-refractivity contribution in [2.24, 2.45) is 10.1 Å². The molecule has 2 rings (SSSR count). The average molecular weight is 383 g/mol. The van der Waals surface area contributed by atoms with Gasteiger partial charge in [0.2, 0.25) is 0 Å². The summed E-state index contributed by atoms with van der Waals surface area (Å²) < 4.78 is 28.3. The lowest BCUT2D eigenvalue weighted by Gasteiger charge is -2.06. The highest BCUT2D eigenvalue weighted by molar-refractivity contribution is 8.00. The van der Waals surface area contributed by atoms with Crippen LogP contribution in [-0.4, -0.2) is 20.0 Å². The molecule has 0 heterocycles. The van der Waals surface area contributed by atoms with E-state index in [1.54, 1.807) is 36.4 Å². The summed E-state index contributed by atoms with van der Waals surface area (Å²) in [6.45, 7) is 4.10. The van der Waals surface area contributed by atoms with E-state index in [2.05, 4.69) is 4.40 Å². The van der Waals surface area contributed by atoms with Crippen molar-refractivity contribution in [2.75, 3.05) is 5.75 Å². The molecule has 24 heavy (non-hydrogen) atoms. The second kappa shape index (κ2) is 8.05. The Kier molecular flexibility index (Phi) is 6.32. The predicted molar refractivity (Wildman–Crippen MR) is 102 cm³/mol. The molecule has 128 valence electrons. The molecule has 7 heteroatoms. The molecule has 0 unspecified atom stereocenters. The van der Waals surface area contributed by atoms with Gasteiger partial charge < -0.3 is 5.73 Å². The molecule has 0 aliphatic carbocycles. The first kappa shape index (κ1) is 18.8. The van der Waals surface area contributed by atoms with Crippen molar-refractivity contribution in [1.29, 1.82) is 0 Å². The Balaban J connectivity index is 2.08. The zero-order chi connectivity index (χ0) is 17.7. The van der Waals surface area contributed by atoms with Crippen LogP contribution in [0.5, 0.6) is 0 Å². The van der Waals surface area contributed by atoms with E-state index in [4.69, 9.17) is 17.3 Å². The van der Waals surface area contributed by atoms with Gasteiger partial charge in [-0.25, -0.2) is 0 Å². The van der Waals surface area contributed by atoms with Gasteiger partial charge in [0.25, 0.3) is 10.0 Å². The van der Waals surface area contributed by atoms with E-state index in [0.717, 1.165) is 10.5 Å². The molecule has 0 spiro atoms. The van der Waals surface area contributed by atoms with Gasteiger partial charge in [-0.1, -0.05) is 37.6 Å². The summed E-state index contributed by atoms with van der Waals surface area (Å²) >= 11 is 7.22. The molecule has 2 aromatic rings. The number of nitrogens with zero attached hydrogens (tertiary/aromatic N) is 1. The summed E-state index contributed by atoms with van der Waals surface area (Å²) in [5.41, 5.74) is 6.85. The number of benzene rings is 2. The Hall–Kier alpha value is -1.50. The second-order valence-corrected chi connectivity index (χ2v) is 8.61. The quantitative estimate of drug-likeness (QED) is 0.459. The van der Waals surface area contributed by atoms with Crippen LogP contribution in [-0.2, 0) is 10.0 Å². The Morgan fingerprint density at radius 2 is 1.71 bits per heavy atom. The van der Waals surface area contributed by atoms with Crippen LogP contribution in [0.1, 0.15) is 25.3 Å². The summed E-state index contributed by atoms with van der Waals surface area (Å²) in [5, 5.41) is 0.647. The maximum atomic E-state index is 12.3. The van der Waals surface area contributed by atoms with E-state index in [1.807, 2.05) is 26.0 Å². The highest BCUT2D eigenvalue weighted by atomic mass is 35.5.